The number of fused-ring (bicyclic) bond motifs is 2. The predicted molar refractivity (Wildman–Crippen MR) is 132 cm³/mol. The maximum atomic E-state index is 12.8. The van der Waals surface area contributed by atoms with Crippen molar-refractivity contribution in [2.75, 3.05) is 12.3 Å². The van der Waals surface area contributed by atoms with Crippen LogP contribution in [0.3, 0.4) is 0 Å². The van der Waals surface area contributed by atoms with Crippen molar-refractivity contribution in [1.82, 2.24) is 10.2 Å². The zero-order chi connectivity index (χ0) is 23.2. The van der Waals surface area contributed by atoms with Gasteiger partial charge in [0.05, 0.1) is 10.6 Å². The van der Waals surface area contributed by atoms with Crippen LogP contribution in [0.2, 0.25) is 0 Å². The van der Waals surface area contributed by atoms with Gasteiger partial charge in [0, 0.05) is 33.3 Å². The van der Waals surface area contributed by atoms with E-state index in [4.69, 9.17) is 0 Å². The summed E-state index contributed by atoms with van der Waals surface area (Å²) >= 11 is 5.34. The van der Waals surface area contributed by atoms with Crippen molar-refractivity contribution in [2.45, 2.75) is 26.8 Å². The molecule has 33 heavy (non-hydrogen) atoms. The maximum Gasteiger partial charge on any atom is 0.322 e. The number of thioether (sulfide) groups is 2. The van der Waals surface area contributed by atoms with Crippen molar-refractivity contribution >= 4 is 74.1 Å². The minimum Gasteiger partial charge on any atom is -0.480 e. The van der Waals surface area contributed by atoms with E-state index in [9.17, 15) is 24.3 Å². The van der Waals surface area contributed by atoms with Gasteiger partial charge in [-0.1, -0.05) is 30.0 Å². The summed E-state index contributed by atoms with van der Waals surface area (Å²) in [6, 6.07) is 11.8. The molecule has 2 fully saturated rings. The minimum atomic E-state index is -1.27. The summed E-state index contributed by atoms with van der Waals surface area (Å²) in [4.78, 5) is 52.4. The average Bonchev–Trinajstić information content (AvgIpc) is 3.30. The minimum absolute atomic E-state index is 0.0224. The molecule has 5 rings (SSSR count). The molecule has 3 atom stereocenters. The molecule has 170 valence electrons. The highest BCUT2D eigenvalue weighted by molar-refractivity contribution is 8.06. The molecule has 1 aromatic carbocycles. The molecule has 0 spiro atoms. The smallest absolute Gasteiger partial charge is 0.322 e. The van der Waals surface area contributed by atoms with Gasteiger partial charge in [-0.3, -0.25) is 19.2 Å². The Morgan fingerprint density at radius 1 is 1.21 bits per heavy atom. The molecule has 2 N–H and O–H groups in total. The number of aliphatic carboxylic acids is 1. The number of thiophene rings is 1. The van der Waals surface area contributed by atoms with Crippen LogP contribution >= 0.6 is 46.2 Å². The second-order valence-electron chi connectivity index (χ2n) is 7.80. The highest BCUT2D eigenvalue weighted by Gasteiger charge is 2.58. The molecule has 2 amide bonds. The van der Waals surface area contributed by atoms with E-state index >= 15 is 0 Å². The SMILES string of the molecule is O=C(Cc1cccs1)NC1C(=O)N2CC(Sc3cc(=O)c4ccccc4s3)(C(=O)O)CS[C@H]12. The number of nitrogens with zero attached hydrogens (tertiary/aromatic N) is 1. The summed E-state index contributed by atoms with van der Waals surface area (Å²) in [6.07, 6.45) is 0.217. The second kappa shape index (κ2) is 8.79. The number of hydrogen-bond donors (Lipinski definition) is 2. The Kier molecular flexibility index (Phi) is 5.98. The third kappa shape index (κ3) is 4.18. The molecule has 4 heterocycles. The molecule has 0 radical (unpaired) electrons. The lowest BCUT2D eigenvalue weighted by molar-refractivity contribution is -0.152. The zero-order valence-corrected chi connectivity index (χ0v) is 20.3. The number of carboxylic acid groups (broad SMARTS) is 1. The molecule has 2 saturated heterocycles. The predicted octanol–water partition coefficient (Wildman–Crippen LogP) is 2.88. The van der Waals surface area contributed by atoms with E-state index < -0.39 is 16.8 Å². The van der Waals surface area contributed by atoms with Gasteiger partial charge in [-0.25, -0.2) is 0 Å². The molecule has 7 nitrogen and oxygen atoms in total. The van der Waals surface area contributed by atoms with Crippen LogP contribution in [0.15, 0.2) is 56.8 Å². The first kappa shape index (κ1) is 22.5. The van der Waals surface area contributed by atoms with Crippen molar-refractivity contribution in [2.24, 2.45) is 0 Å². The Hall–Kier alpha value is -2.34. The molecule has 0 bridgehead atoms. The van der Waals surface area contributed by atoms with Crippen LogP contribution < -0.4 is 10.7 Å². The Labute approximate surface area is 205 Å². The summed E-state index contributed by atoms with van der Waals surface area (Å²) in [7, 11) is 0. The molecule has 2 unspecified atom stereocenters. The second-order valence-corrected chi connectivity index (χ2v) is 12.7. The Morgan fingerprint density at radius 3 is 2.79 bits per heavy atom. The molecular weight excluding hydrogens is 501 g/mol. The van der Waals surface area contributed by atoms with Gasteiger partial charge in [0.25, 0.3) is 0 Å². The number of amides is 2. The van der Waals surface area contributed by atoms with E-state index in [2.05, 4.69) is 5.32 Å². The van der Waals surface area contributed by atoms with E-state index in [1.54, 1.807) is 12.1 Å². The lowest BCUT2D eigenvalue weighted by atomic mass is 10.0. The van der Waals surface area contributed by atoms with Crippen LogP contribution in [0.1, 0.15) is 4.88 Å². The number of hydrogen-bond acceptors (Lipinski definition) is 8. The van der Waals surface area contributed by atoms with E-state index in [-0.39, 0.29) is 41.3 Å². The Morgan fingerprint density at radius 2 is 2.03 bits per heavy atom. The van der Waals surface area contributed by atoms with E-state index in [0.717, 1.165) is 21.3 Å². The van der Waals surface area contributed by atoms with Crippen LogP contribution in [0.4, 0.5) is 0 Å². The largest absolute Gasteiger partial charge is 0.480 e. The van der Waals surface area contributed by atoms with Crippen molar-refractivity contribution in [3.05, 3.63) is 62.9 Å². The van der Waals surface area contributed by atoms with Gasteiger partial charge in [0.2, 0.25) is 11.8 Å². The van der Waals surface area contributed by atoms with Crippen molar-refractivity contribution < 1.29 is 19.5 Å². The topological polar surface area (TPSA) is 104 Å². The van der Waals surface area contributed by atoms with Crippen LogP contribution in [-0.4, -0.2) is 56.3 Å². The van der Waals surface area contributed by atoms with Crippen molar-refractivity contribution in [1.29, 1.82) is 0 Å². The summed E-state index contributed by atoms with van der Waals surface area (Å²) in [6.45, 7) is 0.0224. The zero-order valence-electron chi connectivity index (χ0n) is 17.1. The van der Waals surface area contributed by atoms with E-state index in [0.29, 0.717) is 9.60 Å². The van der Waals surface area contributed by atoms with Gasteiger partial charge in [-0.2, -0.15) is 0 Å². The van der Waals surface area contributed by atoms with Gasteiger partial charge in [0.1, 0.15) is 16.2 Å². The lowest BCUT2D eigenvalue weighted by Gasteiger charge is -2.53. The average molecular weight is 519 g/mol. The summed E-state index contributed by atoms with van der Waals surface area (Å²) in [5, 5.41) is 15.1. The molecule has 2 aliphatic rings. The molecular formula is C22H18N2O5S4. The Balaban J connectivity index is 1.31. The number of benzene rings is 1. The monoisotopic (exact) mass is 518 g/mol. The van der Waals surface area contributed by atoms with Crippen LogP contribution in [0.25, 0.3) is 10.1 Å². The Bertz CT molecular complexity index is 1310. The van der Waals surface area contributed by atoms with E-state index in [1.807, 2.05) is 29.6 Å². The first-order chi connectivity index (χ1) is 15.9. The molecule has 3 aromatic rings. The maximum absolute atomic E-state index is 12.8. The van der Waals surface area contributed by atoms with Gasteiger partial charge in [0.15, 0.2) is 5.43 Å². The number of nitrogens with one attached hydrogen (secondary N) is 1. The van der Waals surface area contributed by atoms with E-state index in [1.165, 1.54) is 45.4 Å². The van der Waals surface area contributed by atoms with Crippen LogP contribution in [0.5, 0.6) is 0 Å². The standard InChI is InChI=1S/C22H18N2O5S4/c25-14-9-17(32-15-6-2-1-5-13(14)15)33-22(21(28)29)10-24-19(27)18(20(24)31-11-22)23-16(26)8-12-4-3-7-30-12/h1-7,9,18,20H,8,10-11H2,(H,23,26)(H,28,29)/t18?,20-,22?/m1/s1. The fraction of sp³-hybridized carbons (Fsp3) is 0.273. The molecule has 0 aliphatic carbocycles. The van der Waals surface area contributed by atoms with Crippen LogP contribution in [-0.2, 0) is 20.8 Å². The first-order valence-electron chi connectivity index (χ1n) is 10.1. The normalized spacial score (nSPS) is 24.2. The van der Waals surface area contributed by atoms with Crippen molar-refractivity contribution in [3.63, 3.8) is 0 Å². The number of carboxylic acids is 1. The fourth-order valence-corrected chi connectivity index (χ4v) is 9.00. The summed E-state index contributed by atoms with van der Waals surface area (Å²) in [5.41, 5.74) is -0.151. The lowest BCUT2D eigenvalue weighted by Crippen LogP contribution is -2.74. The molecule has 11 heteroatoms. The fourth-order valence-electron chi connectivity index (χ4n) is 3.91. The van der Waals surface area contributed by atoms with Gasteiger partial charge >= 0.3 is 5.97 Å². The van der Waals surface area contributed by atoms with Crippen molar-refractivity contribution in [3.8, 4) is 0 Å². The van der Waals surface area contributed by atoms with Gasteiger partial charge in [-0.15, -0.1) is 34.4 Å². The summed E-state index contributed by atoms with van der Waals surface area (Å²) < 4.78 is 0.130. The number of carbonyl (C=O) groups excluding carboxylic acids is 2. The highest BCUT2D eigenvalue weighted by atomic mass is 32.2. The quantitative estimate of drug-likeness (QED) is 0.484. The number of carbonyl (C=O) groups is 3. The number of β-lactam (4-membered cyclic amide) rings is 1. The first-order valence-corrected chi connectivity index (χ1v) is 13.6. The number of rotatable bonds is 6. The molecule has 2 aliphatic heterocycles. The summed E-state index contributed by atoms with van der Waals surface area (Å²) in [5.74, 6) is -1.26. The van der Waals surface area contributed by atoms with Crippen LogP contribution in [0, 0.1) is 0 Å². The highest BCUT2D eigenvalue weighted by Crippen LogP contribution is 2.47. The molecule has 0 saturated carbocycles. The van der Waals surface area contributed by atoms with Gasteiger partial charge < -0.3 is 15.3 Å². The third-order valence-electron chi connectivity index (χ3n) is 5.58. The third-order valence-corrected chi connectivity index (χ3v) is 10.7. The van der Waals surface area contributed by atoms with Gasteiger partial charge in [-0.05, 0) is 23.6 Å². The molecule has 2 aromatic heterocycles.